The average Bonchev–Trinajstić information content (AvgIpc) is 2.42. The number of carbonyl (C=O) groups excluding carboxylic acids is 1. The molecule has 0 bridgehead atoms. The van der Waals surface area contributed by atoms with Crippen molar-refractivity contribution in [3.63, 3.8) is 0 Å². The van der Waals surface area contributed by atoms with Crippen LogP contribution in [0.3, 0.4) is 0 Å². The van der Waals surface area contributed by atoms with Crippen LogP contribution in [-0.4, -0.2) is 28.6 Å². The molecule has 0 saturated heterocycles. The quantitative estimate of drug-likeness (QED) is 0.460. The predicted octanol–water partition coefficient (Wildman–Crippen LogP) is 2.52. The van der Waals surface area contributed by atoms with Crippen molar-refractivity contribution in [1.29, 1.82) is 0 Å². The van der Waals surface area contributed by atoms with Crippen LogP contribution >= 0.6 is 0 Å². The SMILES string of the molecule is CC(O)CC(C)(C)CNC(=O)C=Cc1ccccc1[N+](=O)[O-]. The van der Waals surface area contributed by atoms with Crippen molar-refractivity contribution in [2.45, 2.75) is 33.3 Å². The molecule has 0 aliphatic carbocycles. The summed E-state index contributed by atoms with van der Waals surface area (Å²) in [5, 5.41) is 23.0. The van der Waals surface area contributed by atoms with Crippen LogP contribution in [-0.2, 0) is 4.79 Å². The van der Waals surface area contributed by atoms with Crippen LogP contribution in [0.4, 0.5) is 5.69 Å². The van der Waals surface area contributed by atoms with Crippen LogP contribution in [0.25, 0.3) is 6.08 Å². The molecule has 6 heteroatoms. The van der Waals surface area contributed by atoms with Gasteiger partial charge in [0.2, 0.25) is 5.91 Å². The molecule has 22 heavy (non-hydrogen) atoms. The molecule has 0 aliphatic rings. The first kappa shape index (κ1) is 17.8. The predicted molar refractivity (Wildman–Crippen MR) is 85.2 cm³/mol. The number of amides is 1. The third-order valence-corrected chi connectivity index (χ3v) is 3.14. The van der Waals surface area contributed by atoms with Gasteiger partial charge in [0.1, 0.15) is 0 Å². The molecule has 0 saturated carbocycles. The summed E-state index contributed by atoms with van der Waals surface area (Å²) >= 11 is 0. The topological polar surface area (TPSA) is 92.5 Å². The number of rotatable bonds is 7. The van der Waals surface area contributed by atoms with Crippen molar-refractivity contribution in [2.75, 3.05) is 6.54 Å². The van der Waals surface area contributed by atoms with Gasteiger partial charge in [-0.15, -0.1) is 0 Å². The summed E-state index contributed by atoms with van der Waals surface area (Å²) in [7, 11) is 0. The van der Waals surface area contributed by atoms with E-state index in [1.54, 1.807) is 25.1 Å². The normalized spacial score (nSPS) is 13.1. The molecule has 0 aromatic heterocycles. The lowest BCUT2D eigenvalue weighted by molar-refractivity contribution is -0.385. The minimum atomic E-state index is -0.483. The summed E-state index contributed by atoms with van der Waals surface area (Å²) < 4.78 is 0. The summed E-state index contributed by atoms with van der Waals surface area (Å²) in [6.45, 7) is 6.02. The van der Waals surface area contributed by atoms with Crippen molar-refractivity contribution < 1.29 is 14.8 Å². The van der Waals surface area contributed by atoms with E-state index >= 15 is 0 Å². The van der Waals surface area contributed by atoms with E-state index < -0.39 is 11.0 Å². The molecule has 0 fully saturated rings. The molecule has 1 rings (SSSR count). The molecular weight excluding hydrogens is 284 g/mol. The Bertz CT molecular complexity index is 565. The first-order valence-corrected chi connectivity index (χ1v) is 7.09. The van der Waals surface area contributed by atoms with Gasteiger partial charge < -0.3 is 10.4 Å². The number of nitro groups is 1. The molecular formula is C16H22N2O4. The smallest absolute Gasteiger partial charge is 0.276 e. The van der Waals surface area contributed by atoms with Gasteiger partial charge in [-0.05, 0) is 30.9 Å². The zero-order valence-electron chi connectivity index (χ0n) is 13.1. The maximum atomic E-state index is 11.8. The van der Waals surface area contributed by atoms with Crippen LogP contribution in [0.5, 0.6) is 0 Å². The van der Waals surface area contributed by atoms with E-state index in [9.17, 15) is 20.0 Å². The first-order valence-electron chi connectivity index (χ1n) is 7.09. The molecule has 1 aromatic rings. The van der Waals surface area contributed by atoms with Crippen LogP contribution in [0, 0.1) is 15.5 Å². The summed E-state index contributed by atoms with van der Waals surface area (Å²) in [5.41, 5.74) is 0.114. The van der Waals surface area contributed by atoms with Crippen LogP contribution in [0.1, 0.15) is 32.8 Å². The zero-order chi connectivity index (χ0) is 16.8. The molecule has 1 unspecified atom stereocenters. The monoisotopic (exact) mass is 306 g/mol. The Labute approximate surface area is 130 Å². The average molecular weight is 306 g/mol. The highest BCUT2D eigenvalue weighted by Gasteiger charge is 2.20. The Hall–Kier alpha value is -2.21. The lowest BCUT2D eigenvalue weighted by Gasteiger charge is -2.26. The van der Waals surface area contributed by atoms with E-state index in [0.29, 0.717) is 18.5 Å². The second kappa shape index (κ2) is 7.70. The summed E-state index contributed by atoms with van der Waals surface area (Å²) in [5.74, 6) is -0.322. The van der Waals surface area contributed by atoms with Crippen molar-refractivity contribution in [3.05, 3.63) is 46.0 Å². The molecule has 0 aliphatic heterocycles. The van der Waals surface area contributed by atoms with Gasteiger partial charge in [-0.3, -0.25) is 14.9 Å². The number of hydrogen-bond donors (Lipinski definition) is 2. The summed E-state index contributed by atoms with van der Waals surface area (Å²) in [6, 6.07) is 6.23. The van der Waals surface area contributed by atoms with Gasteiger partial charge in [-0.2, -0.15) is 0 Å². The molecule has 120 valence electrons. The van der Waals surface area contributed by atoms with Crippen molar-refractivity contribution in [1.82, 2.24) is 5.32 Å². The highest BCUT2D eigenvalue weighted by atomic mass is 16.6. The number of hydrogen-bond acceptors (Lipinski definition) is 4. The van der Waals surface area contributed by atoms with E-state index in [1.807, 2.05) is 13.8 Å². The van der Waals surface area contributed by atoms with Crippen LogP contribution in [0.15, 0.2) is 30.3 Å². The molecule has 1 atom stereocenters. The first-order chi connectivity index (χ1) is 10.2. The van der Waals surface area contributed by atoms with Crippen molar-refractivity contribution in [2.24, 2.45) is 5.41 Å². The van der Waals surface area contributed by atoms with Crippen LogP contribution in [0.2, 0.25) is 0 Å². The number of nitrogens with zero attached hydrogens (tertiary/aromatic N) is 1. The second-order valence-electron chi connectivity index (χ2n) is 6.08. The number of nitrogens with one attached hydrogen (secondary N) is 1. The Balaban J connectivity index is 2.64. The van der Waals surface area contributed by atoms with Gasteiger partial charge in [0.25, 0.3) is 5.69 Å². The highest BCUT2D eigenvalue weighted by molar-refractivity contribution is 5.92. The van der Waals surface area contributed by atoms with Crippen molar-refractivity contribution in [3.8, 4) is 0 Å². The largest absolute Gasteiger partial charge is 0.393 e. The van der Waals surface area contributed by atoms with E-state index in [-0.39, 0.29) is 17.0 Å². The Morgan fingerprint density at radius 2 is 2.09 bits per heavy atom. The standard InChI is InChI=1S/C16H22N2O4/c1-12(19)10-16(2,3)11-17-15(20)9-8-13-6-4-5-7-14(13)18(21)22/h4-9,12,19H,10-11H2,1-3H3,(H,17,20). The fraction of sp³-hybridized carbons (Fsp3) is 0.438. The molecule has 6 nitrogen and oxygen atoms in total. The minimum Gasteiger partial charge on any atom is -0.393 e. The number of nitro benzene ring substituents is 1. The van der Waals surface area contributed by atoms with Gasteiger partial charge in [0, 0.05) is 18.7 Å². The van der Waals surface area contributed by atoms with Gasteiger partial charge in [-0.25, -0.2) is 0 Å². The Morgan fingerprint density at radius 1 is 1.45 bits per heavy atom. The van der Waals surface area contributed by atoms with E-state index in [2.05, 4.69) is 5.32 Å². The Kier molecular flexibility index (Phi) is 6.24. The second-order valence-corrected chi connectivity index (χ2v) is 6.08. The lowest BCUT2D eigenvalue weighted by atomic mass is 9.87. The molecule has 1 aromatic carbocycles. The molecule has 2 N–H and O–H groups in total. The zero-order valence-corrected chi connectivity index (χ0v) is 13.1. The Morgan fingerprint density at radius 3 is 2.68 bits per heavy atom. The number of carbonyl (C=O) groups is 1. The molecule has 0 spiro atoms. The van der Waals surface area contributed by atoms with Crippen LogP contribution < -0.4 is 5.32 Å². The van der Waals surface area contributed by atoms with Gasteiger partial charge in [0.05, 0.1) is 16.6 Å². The van der Waals surface area contributed by atoms with Gasteiger partial charge >= 0.3 is 0 Å². The van der Waals surface area contributed by atoms with E-state index in [0.717, 1.165) is 0 Å². The number of aliphatic hydroxyl groups is 1. The molecule has 0 radical (unpaired) electrons. The maximum Gasteiger partial charge on any atom is 0.276 e. The molecule has 0 heterocycles. The van der Waals surface area contributed by atoms with E-state index in [1.165, 1.54) is 18.2 Å². The van der Waals surface area contributed by atoms with Gasteiger partial charge in [0.15, 0.2) is 0 Å². The molecule has 1 amide bonds. The van der Waals surface area contributed by atoms with Crippen molar-refractivity contribution >= 4 is 17.7 Å². The number of aliphatic hydroxyl groups excluding tert-OH is 1. The highest BCUT2D eigenvalue weighted by Crippen LogP contribution is 2.21. The lowest BCUT2D eigenvalue weighted by Crippen LogP contribution is -2.34. The maximum absolute atomic E-state index is 11.8. The summed E-state index contributed by atoms with van der Waals surface area (Å²) in [4.78, 5) is 22.2. The minimum absolute atomic E-state index is 0.0408. The number of para-hydroxylation sites is 1. The fourth-order valence-corrected chi connectivity index (χ4v) is 2.22. The fourth-order valence-electron chi connectivity index (χ4n) is 2.22. The third kappa shape index (κ3) is 6.05. The summed E-state index contributed by atoms with van der Waals surface area (Å²) in [6.07, 6.45) is 2.84. The van der Waals surface area contributed by atoms with Gasteiger partial charge in [-0.1, -0.05) is 26.0 Å². The third-order valence-electron chi connectivity index (χ3n) is 3.14. The van der Waals surface area contributed by atoms with E-state index in [4.69, 9.17) is 0 Å². The number of benzene rings is 1.